The molecule has 0 fully saturated rings. The minimum atomic E-state index is 0.631. The number of benzene rings is 2. The third kappa shape index (κ3) is 2.54. The second-order valence-electron chi connectivity index (χ2n) is 4.96. The third-order valence-electron chi connectivity index (χ3n) is 3.47. The van der Waals surface area contributed by atoms with Crippen LogP contribution in [0.5, 0.6) is 0 Å². The summed E-state index contributed by atoms with van der Waals surface area (Å²) < 4.78 is 0. The number of nitrogens with zero attached hydrogens (tertiary/aromatic N) is 1. The van der Waals surface area contributed by atoms with Gasteiger partial charge in [0.2, 0.25) is 0 Å². The molecule has 3 aromatic rings. The van der Waals surface area contributed by atoms with Crippen LogP contribution in [0.25, 0.3) is 22.0 Å². The Labute approximate surface area is 124 Å². The summed E-state index contributed by atoms with van der Waals surface area (Å²) in [6.07, 6.45) is 2.04. The largest absolute Gasteiger partial charge is 0.236 e. The van der Waals surface area contributed by atoms with Crippen molar-refractivity contribution in [3.8, 4) is 11.1 Å². The summed E-state index contributed by atoms with van der Waals surface area (Å²) >= 11 is 6.23. The zero-order chi connectivity index (χ0) is 13.9. The molecule has 0 unspecified atom stereocenters. The maximum Gasteiger partial charge on any atom is 0.132 e. The van der Waals surface area contributed by atoms with Gasteiger partial charge in [0, 0.05) is 5.39 Å². The first kappa shape index (κ1) is 13.1. The van der Waals surface area contributed by atoms with Gasteiger partial charge in [0.05, 0.1) is 5.52 Å². The number of aromatic nitrogens is 1. The molecule has 1 nitrogen and oxygen atoms in total. The van der Waals surface area contributed by atoms with Crippen molar-refractivity contribution in [1.29, 1.82) is 0 Å². The second kappa shape index (κ2) is 5.64. The molecule has 0 aliphatic heterocycles. The molecule has 0 N–H and O–H groups in total. The Balaban J connectivity index is 2.12. The van der Waals surface area contributed by atoms with Gasteiger partial charge in [0.15, 0.2) is 0 Å². The molecular weight excluding hydrogens is 266 g/mol. The summed E-state index contributed by atoms with van der Waals surface area (Å²) in [5.74, 6) is 0. The van der Waals surface area contributed by atoms with Crippen LogP contribution in [0.15, 0.2) is 54.6 Å². The Bertz CT molecular complexity index is 735. The molecule has 0 saturated carbocycles. The fraction of sp³-hybridized carbons (Fsp3) is 0.167. The highest BCUT2D eigenvalue weighted by atomic mass is 35.5. The number of rotatable bonds is 3. The van der Waals surface area contributed by atoms with Crippen LogP contribution >= 0.6 is 11.6 Å². The van der Waals surface area contributed by atoms with Gasteiger partial charge in [0.1, 0.15) is 5.15 Å². The molecule has 0 spiro atoms. The summed E-state index contributed by atoms with van der Waals surface area (Å²) in [7, 11) is 0. The van der Waals surface area contributed by atoms with Crippen LogP contribution < -0.4 is 0 Å². The highest BCUT2D eigenvalue weighted by Crippen LogP contribution is 2.26. The average molecular weight is 282 g/mol. The van der Waals surface area contributed by atoms with Gasteiger partial charge in [-0.25, -0.2) is 4.98 Å². The van der Waals surface area contributed by atoms with Crippen LogP contribution in [0.3, 0.4) is 0 Å². The lowest BCUT2D eigenvalue weighted by atomic mass is 10.0. The van der Waals surface area contributed by atoms with Gasteiger partial charge in [0.25, 0.3) is 0 Å². The summed E-state index contributed by atoms with van der Waals surface area (Å²) in [5.41, 5.74) is 4.52. The number of halogens is 1. The normalized spacial score (nSPS) is 10.9. The molecule has 0 aliphatic rings. The van der Waals surface area contributed by atoms with Crippen molar-refractivity contribution in [1.82, 2.24) is 4.98 Å². The number of aryl methyl sites for hydroxylation is 1. The number of hydrogen-bond donors (Lipinski definition) is 0. The van der Waals surface area contributed by atoms with Crippen LogP contribution in [0, 0.1) is 0 Å². The zero-order valence-corrected chi connectivity index (χ0v) is 12.2. The van der Waals surface area contributed by atoms with Crippen molar-refractivity contribution in [2.75, 3.05) is 0 Å². The molecule has 0 radical (unpaired) electrons. The van der Waals surface area contributed by atoms with Crippen LogP contribution in [-0.4, -0.2) is 4.98 Å². The molecule has 0 saturated heterocycles. The smallest absolute Gasteiger partial charge is 0.132 e. The van der Waals surface area contributed by atoms with Gasteiger partial charge in [-0.05, 0) is 41.3 Å². The van der Waals surface area contributed by atoms with Crippen LogP contribution in [-0.2, 0) is 6.42 Å². The fourth-order valence-corrected chi connectivity index (χ4v) is 2.69. The Morgan fingerprint density at radius 1 is 0.950 bits per heavy atom. The van der Waals surface area contributed by atoms with Gasteiger partial charge >= 0.3 is 0 Å². The third-order valence-corrected chi connectivity index (χ3v) is 3.79. The first-order valence-corrected chi connectivity index (χ1v) is 7.30. The van der Waals surface area contributed by atoms with Gasteiger partial charge < -0.3 is 0 Å². The monoisotopic (exact) mass is 281 g/mol. The Morgan fingerprint density at radius 3 is 2.50 bits per heavy atom. The highest BCUT2D eigenvalue weighted by molar-refractivity contribution is 6.30. The zero-order valence-electron chi connectivity index (χ0n) is 11.4. The summed E-state index contributed by atoms with van der Waals surface area (Å²) in [4.78, 5) is 4.49. The first-order valence-electron chi connectivity index (χ1n) is 6.92. The number of hydrogen-bond acceptors (Lipinski definition) is 1. The molecule has 0 amide bonds. The van der Waals surface area contributed by atoms with E-state index in [1.165, 1.54) is 11.1 Å². The standard InChI is InChI=1S/C18H16ClN/c1-2-6-15-12-16-11-14(13-7-4-3-5-8-13)9-10-17(16)20-18(15)19/h3-5,7-12H,2,6H2,1H3. The van der Waals surface area contributed by atoms with Crippen LogP contribution in [0.2, 0.25) is 5.15 Å². The van der Waals surface area contributed by atoms with Crippen molar-refractivity contribution in [3.05, 3.63) is 65.3 Å². The molecule has 0 aliphatic carbocycles. The average Bonchev–Trinajstić information content (AvgIpc) is 2.49. The molecule has 0 atom stereocenters. The summed E-state index contributed by atoms with van der Waals surface area (Å²) in [6.45, 7) is 2.15. The minimum absolute atomic E-state index is 0.631. The molecule has 2 heteroatoms. The molecule has 100 valence electrons. The van der Waals surface area contributed by atoms with Crippen molar-refractivity contribution >= 4 is 22.5 Å². The summed E-state index contributed by atoms with van der Waals surface area (Å²) in [6, 6.07) is 18.9. The van der Waals surface area contributed by atoms with E-state index in [2.05, 4.69) is 54.4 Å². The van der Waals surface area contributed by atoms with E-state index >= 15 is 0 Å². The molecule has 20 heavy (non-hydrogen) atoms. The van der Waals surface area contributed by atoms with Gasteiger partial charge in [-0.15, -0.1) is 0 Å². The topological polar surface area (TPSA) is 12.9 Å². The Hall–Kier alpha value is -1.86. The van der Waals surface area contributed by atoms with E-state index in [1.54, 1.807) is 0 Å². The Morgan fingerprint density at radius 2 is 1.75 bits per heavy atom. The molecule has 1 heterocycles. The molecule has 1 aromatic heterocycles. The van der Waals surface area contributed by atoms with E-state index in [-0.39, 0.29) is 0 Å². The van der Waals surface area contributed by atoms with E-state index < -0.39 is 0 Å². The molecular formula is C18H16ClN. The number of fused-ring (bicyclic) bond motifs is 1. The highest BCUT2D eigenvalue weighted by Gasteiger charge is 2.06. The second-order valence-corrected chi connectivity index (χ2v) is 5.32. The van der Waals surface area contributed by atoms with Crippen LogP contribution in [0.1, 0.15) is 18.9 Å². The molecule has 3 rings (SSSR count). The van der Waals surface area contributed by atoms with Crippen molar-refractivity contribution in [2.45, 2.75) is 19.8 Å². The van der Waals surface area contributed by atoms with Crippen LogP contribution in [0.4, 0.5) is 0 Å². The van der Waals surface area contributed by atoms with Crippen molar-refractivity contribution in [3.63, 3.8) is 0 Å². The summed E-state index contributed by atoms with van der Waals surface area (Å²) in [5, 5.41) is 1.78. The molecule has 0 bridgehead atoms. The maximum atomic E-state index is 6.23. The van der Waals surface area contributed by atoms with Gasteiger partial charge in [-0.1, -0.05) is 61.3 Å². The predicted molar refractivity (Wildman–Crippen MR) is 86.2 cm³/mol. The van der Waals surface area contributed by atoms with Gasteiger partial charge in [-0.3, -0.25) is 0 Å². The fourth-order valence-electron chi connectivity index (χ4n) is 2.45. The Kier molecular flexibility index (Phi) is 3.70. The van der Waals surface area contributed by atoms with E-state index in [1.807, 2.05) is 12.1 Å². The minimum Gasteiger partial charge on any atom is -0.236 e. The number of pyridine rings is 1. The first-order chi connectivity index (χ1) is 9.78. The predicted octanol–water partition coefficient (Wildman–Crippen LogP) is 5.51. The molecule has 2 aromatic carbocycles. The van der Waals surface area contributed by atoms with Crippen molar-refractivity contribution in [2.24, 2.45) is 0 Å². The quantitative estimate of drug-likeness (QED) is 0.577. The van der Waals surface area contributed by atoms with E-state index in [4.69, 9.17) is 11.6 Å². The SMILES string of the molecule is CCCc1cc2cc(-c3ccccc3)ccc2nc1Cl. The lowest BCUT2D eigenvalue weighted by molar-refractivity contribution is 0.918. The van der Waals surface area contributed by atoms with E-state index in [0.29, 0.717) is 5.15 Å². The maximum absolute atomic E-state index is 6.23. The van der Waals surface area contributed by atoms with E-state index in [0.717, 1.165) is 29.3 Å². The van der Waals surface area contributed by atoms with E-state index in [9.17, 15) is 0 Å². The van der Waals surface area contributed by atoms with Crippen molar-refractivity contribution < 1.29 is 0 Å². The van der Waals surface area contributed by atoms with Gasteiger partial charge in [-0.2, -0.15) is 0 Å². The lowest BCUT2D eigenvalue weighted by Gasteiger charge is -2.07. The lowest BCUT2D eigenvalue weighted by Crippen LogP contribution is -1.90.